The van der Waals surface area contributed by atoms with Crippen molar-refractivity contribution < 1.29 is 4.79 Å². The van der Waals surface area contributed by atoms with E-state index in [1.165, 1.54) is 0 Å². The number of hydrogen-bond donors (Lipinski definition) is 0. The number of alkyl halides is 1. The molecule has 0 bridgehead atoms. The summed E-state index contributed by atoms with van der Waals surface area (Å²) in [4.78, 5) is 10.6. The van der Waals surface area contributed by atoms with E-state index in [1.807, 2.05) is 6.07 Å². The van der Waals surface area contributed by atoms with Crippen LogP contribution in [0.15, 0.2) is 0 Å². The van der Waals surface area contributed by atoms with Crippen molar-refractivity contribution in [1.29, 1.82) is 5.26 Å². The Morgan fingerprint density at radius 3 is 2.78 bits per heavy atom. The second-order valence-corrected chi connectivity index (χ2v) is 2.46. The first kappa shape index (κ1) is 8.64. The Hall–Kier alpha value is -0.360. The van der Waals surface area contributed by atoms with E-state index in [0.717, 1.165) is 11.8 Å². The van der Waals surface area contributed by atoms with Crippen molar-refractivity contribution >= 4 is 21.7 Å². The SMILES string of the molecule is N#CCC(=O)CCCBr. The van der Waals surface area contributed by atoms with Crippen molar-refractivity contribution in [2.75, 3.05) is 5.33 Å². The maximum absolute atomic E-state index is 10.6. The first-order valence-electron chi connectivity index (χ1n) is 2.76. The van der Waals surface area contributed by atoms with Gasteiger partial charge in [0.25, 0.3) is 0 Å². The van der Waals surface area contributed by atoms with Crippen LogP contribution < -0.4 is 0 Å². The summed E-state index contributed by atoms with van der Waals surface area (Å²) >= 11 is 3.19. The summed E-state index contributed by atoms with van der Waals surface area (Å²) in [7, 11) is 0. The van der Waals surface area contributed by atoms with Crippen LogP contribution in [0.1, 0.15) is 19.3 Å². The van der Waals surface area contributed by atoms with Gasteiger partial charge in [-0.05, 0) is 6.42 Å². The molecule has 0 saturated carbocycles. The van der Waals surface area contributed by atoms with Crippen LogP contribution in [0.25, 0.3) is 0 Å². The number of rotatable bonds is 4. The Kier molecular flexibility index (Phi) is 5.54. The maximum Gasteiger partial charge on any atom is 0.146 e. The van der Waals surface area contributed by atoms with Crippen molar-refractivity contribution in [2.45, 2.75) is 19.3 Å². The molecule has 0 aromatic carbocycles. The highest BCUT2D eigenvalue weighted by Gasteiger charge is 1.97. The Morgan fingerprint density at radius 1 is 1.67 bits per heavy atom. The number of ketones is 1. The van der Waals surface area contributed by atoms with Crippen molar-refractivity contribution in [3.05, 3.63) is 0 Å². The minimum atomic E-state index is 0.0388. The third kappa shape index (κ3) is 5.51. The molecule has 50 valence electrons. The van der Waals surface area contributed by atoms with Crippen molar-refractivity contribution in [3.8, 4) is 6.07 Å². The van der Waals surface area contributed by atoms with Gasteiger partial charge in [0.2, 0.25) is 0 Å². The number of halogens is 1. The molecule has 0 heterocycles. The highest BCUT2D eigenvalue weighted by molar-refractivity contribution is 9.09. The van der Waals surface area contributed by atoms with Gasteiger partial charge in [0.15, 0.2) is 0 Å². The summed E-state index contributed by atoms with van der Waals surface area (Å²) < 4.78 is 0. The van der Waals surface area contributed by atoms with Gasteiger partial charge in [-0.15, -0.1) is 0 Å². The van der Waals surface area contributed by atoms with Crippen molar-refractivity contribution in [2.24, 2.45) is 0 Å². The molecule has 0 atom stereocenters. The van der Waals surface area contributed by atoms with Crippen LogP contribution in [0.5, 0.6) is 0 Å². The van der Waals surface area contributed by atoms with Gasteiger partial charge < -0.3 is 0 Å². The van der Waals surface area contributed by atoms with E-state index in [1.54, 1.807) is 0 Å². The molecule has 3 heteroatoms. The van der Waals surface area contributed by atoms with E-state index < -0.39 is 0 Å². The quantitative estimate of drug-likeness (QED) is 0.632. The first-order chi connectivity index (χ1) is 4.31. The predicted octanol–water partition coefficient (Wildman–Crippen LogP) is 1.64. The molecule has 0 unspecified atom stereocenters. The van der Waals surface area contributed by atoms with Gasteiger partial charge in [-0.3, -0.25) is 4.79 Å². The van der Waals surface area contributed by atoms with Gasteiger partial charge in [-0.25, -0.2) is 0 Å². The zero-order valence-electron chi connectivity index (χ0n) is 5.06. The predicted molar refractivity (Wildman–Crippen MR) is 38.3 cm³/mol. The Labute approximate surface area is 63.0 Å². The smallest absolute Gasteiger partial charge is 0.146 e. The normalized spacial score (nSPS) is 8.44. The number of carbonyl (C=O) groups is 1. The molecule has 0 radical (unpaired) electrons. The van der Waals surface area contributed by atoms with Gasteiger partial charge in [-0.2, -0.15) is 5.26 Å². The first-order valence-corrected chi connectivity index (χ1v) is 3.88. The van der Waals surface area contributed by atoms with Crippen LogP contribution in [-0.2, 0) is 4.79 Å². The lowest BCUT2D eigenvalue weighted by molar-refractivity contribution is -0.118. The van der Waals surface area contributed by atoms with E-state index in [4.69, 9.17) is 5.26 Å². The average Bonchev–Trinajstić information content (AvgIpc) is 1.85. The molecular formula is C6H8BrNO. The second-order valence-electron chi connectivity index (χ2n) is 1.67. The molecule has 0 aromatic rings. The maximum atomic E-state index is 10.6. The van der Waals surface area contributed by atoms with Crippen LogP contribution >= 0.6 is 15.9 Å². The van der Waals surface area contributed by atoms with Crippen LogP contribution in [0.2, 0.25) is 0 Å². The fourth-order valence-corrected chi connectivity index (χ4v) is 0.721. The van der Waals surface area contributed by atoms with E-state index in [2.05, 4.69) is 15.9 Å². The lowest BCUT2D eigenvalue weighted by atomic mass is 10.2. The lowest BCUT2D eigenvalue weighted by Gasteiger charge is -1.89. The van der Waals surface area contributed by atoms with E-state index >= 15 is 0 Å². The summed E-state index contributed by atoms with van der Waals surface area (Å²) in [5.41, 5.74) is 0. The molecule has 0 fully saturated rings. The Balaban J connectivity index is 3.19. The molecule has 0 rings (SSSR count). The van der Waals surface area contributed by atoms with Crippen LogP contribution in [-0.4, -0.2) is 11.1 Å². The van der Waals surface area contributed by atoms with Crippen LogP contribution in [0, 0.1) is 11.3 Å². The summed E-state index contributed by atoms with van der Waals surface area (Å²) in [6, 6.07) is 1.81. The Bertz CT molecular complexity index is 128. The van der Waals surface area contributed by atoms with E-state index in [-0.39, 0.29) is 12.2 Å². The fraction of sp³-hybridized carbons (Fsp3) is 0.667. The number of hydrogen-bond acceptors (Lipinski definition) is 2. The standard InChI is InChI=1S/C6H8BrNO/c7-4-1-2-6(9)3-5-8/h1-4H2. The summed E-state index contributed by atoms with van der Waals surface area (Å²) in [5.74, 6) is 0.0388. The van der Waals surface area contributed by atoms with Gasteiger partial charge in [0.1, 0.15) is 5.78 Å². The molecule has 0 aliphatic heterocycles. The molecule has 0 spiro atoms. The second kappa shape index (κ2) is 5.77. The van der Waals surface area contributed by atoms with E-state index in [9.17, 15) is 4.79 Å². The molecule has 0 aromatic heterocycles. The van der Waals surface area contributed by atoms with Gasteiger partial charge in [-0.1, -0.05) is 15.9 Å². The molecule has 0 saturated heterocycles. The van der Waals surface area contributed by atoms with Crippen LogP contribution in [0.3, 0.4) is 0 Å². The number of Topliss-reactive ketones (excluding diaryl/α,β-unsaturated/α-hetero) is 1. The van der Waals surface area contributed by atoms with Crippen LogP contribution in [0.4, 0.5) is 0 Å². The number of nitrogens with zero attached hydrogens (tertiary/aromatic N) is 1. The third-order valence-electron chi connectivity index (χ3n) is 0.865. The number of carbonyl (C=O) groups excluding carboxylic acids is 1. The average molecular weight is 190 g/mol. The largest absolute Gasteiger partial charge is 0.299 e. The van der Waals surface area contributed by atoms with Gasteiger partial charge in [0.05, 0.1) is 12.5 Å². The minimum absolute atomic E-state index is 0.0388. The molecule has 0 N–H and O–H groups in total. The molecule has 2 nitrogen and oxygen atoms in total. The van der Waals surface area contributed by atoms with Gasteiger partial charge in [0, 0.05) is 11.8 Å². The van der Waals surface area contributed by atoms with Crippen molar-refractivity contribution in [1.82, 2.24) is 0 Å². The molecule has 0 aliphatic carbocycles. The molecule has 0 amide bonds. The summed E-state index contributed by atoms with van der Waals surface area (Å²) in [6.45, 7) is 0. The monoisotopic (exact) mass is 189 g/mol. The number of nitriles is 1. The minimum Gasteiger partial charge on any atom is -0.299 e. The topological polar surface area (TPSA) is 40.9 Å². The van der Waals surface area contributed by atoms with E-state index in [0.29, 0.717) is 6.42 Å². The fourth-order valence-electron chi connectivity index (χ4n) is 0.441. The molecule has 0 aliphatic rings. The zero-order valence-corrected chi connectivity index (χ0v) is 6.65. The molecular weight excluding hydrogens is 182 g/mol. The highest BCUT2D eigenvalue weighted by Crippen LogP contribution is 1.96. The van der Waals surface area contributed by atoms with Crippen molar-refractivity contribution in [3.63, 3.8) is 0 Å². The Morgan fingerprint density at radius 2 is 2.33 bits per heavy atom. The zero-order chi connectivity index (χ0) is 7.11. The third-order valence-corrected chi connectivity index (χ3v) is 1.43. The molecule has 9 heavy (non-hydrogen) atoms. The summed E-state index contributed by atoms with van der Waals surface area (Å²) in [6.07, 6.45) is 1.42. The lowest BCUT2D eigenvalue weighted by Crippen LogP contribution is -1.95. The van der Waals surface area contributed by atoms with Gasteiger partial charge >= 0.3 is 0 Å². The summed E-state index contributed by atoms with van der Waals surface area (Å²) in [5, 5.41) is 8.89. The highest BCUT2D eigenvalue weighted by atomic mass is 79.9.